The highest BCUT2D eigenvalue weighted by Crippen LogP contribution is 2.24. The molecule has 0 aliphatic carbocycles. The van der Waals surface area contributed by atoms with Gasteiger partial charge in [0.05, 0.1) is 0 Å². The molecule has 0 unspecified atom stereocenters. The van der Waals surface area contributed by atoms with Crippen molar-refractivity contribution in [3.63, 3.8) is 0 Å². The molecule has 154 valence electrons. The number of esters is 1. The summed E-state index contributed by atoms with van der Waals surface area (Å²) in [5.74, 6) is 0.537. The Morgan fingerprint density at radius 1 is 1.10 bits per heavy atom. The number of Topliss-reactive ketones (excluding diaryl/α,β-unsaturated/α-hetero) is 1. The maximum Gasteiger partial charge on any atom is 0.306 e. The highest BCUT2D eigenvalue weighted by atomic mass is 35.5. The Morgan fingerprint density at radius 2 is 1.90 bits per heavy atom. The van der Waals surface area contributed by atoms with Gasteiger partial charge in [-0.1, -0.05) is 23.7 Å². The molecule has 2 aromatic rings. The summed E-state index contributed by atoms with van der Waals surface area (Å²) >= 11 is 6.07. The summed E-state index contributed by atoms with van der Waals surface area (Å²) in [6.45, 7) is 5.80. The van der Waals surface area contributed by atoms with E-state index >= 15 is 0 Å². The van der Waals surface area contributed by atoms with Gasteiger partial charge >= 0.3 is 5.97 Å². The molecular weight excluding hydrogens is 390 g/mol. The van der Waals surface area contributed by atoms with Crippen LogP contribution in [0.5, 0.6) is 0 Å². The van der Waals surface area contributed by atoms with E-state index in [9.17, 15) is 9.59 Å². The standard InChI is InChI=1S/C22H26ClN3O3/c1-17(27)16-29-22(28)6-3-9-25-10-12-26(13-11-25)21-8-7-19(15-24-21)18-4-2-5-20(23)14-18/h2,4-5,7-8,14-15H,3,6,9-13,16H2,1H3. The number of piperazine rings is 1. The van der Waals surface area contributed by atoms with Crippen molar-refractivity contribution in [2.24, 2.45) is 0 Å². The molecule has 0 N–H and O–H groups in total. The molecule has 0 atom stereocenters. The summed E-state index contributed by atoms with van der Waals surface area (Å²) in [7, 11) is 0. The first kappa shape index (κ1) is 21.3. The Morgan fingerprint density at radius 3 is 2.55 bits per heavy atom. The van der Waals surface area contributed by atoms with E-state index in [0.29, 0.717) is 6.42 Å². The zero-order valence-electron chi connectivity index (χ0n) is 16.6. The molecule has 1 fully saturated rings. The topological polar surface area (TPSA) is 62.7 Å². The van der Waals surface area contributed by atoms with E-state index in [0.717, 1.165) is 61.1 Å². The Balaban J connectivity index is 1.42. The largest absolute Gasteiger partial charge is 0.458 e. The quantitative estimate of drug-likeness (QED) is 0.615. The number of carbonyl (C=O) groups excluding carboxylic acids is 2. The number of nitrogens with zero attached hydrogens (tertiary/aromatic N) is 3. The lowest BCUT2D eigenvalue weighted by Crippen LogP contribution is -2.47. The zero-order valence-corrected chi connectivity index (χ0v) is 17.4. The fraction of sp³-hybridized carbons (Fsp3) is 0.409. The zero-order chi connectivity index (χ0) is 20.6. The van der Waals surface area contributed by atoms with E-state index in [1.54, 1.807) is 0 Å². The first-order chi connectivity index (χ1) is 14.0. The summed E-state index contributed by atoms with van der Waals surface area (Å²) in [6, 6.07) is 11.9. The molecule has 1 aromatic carbocycles. The Labute approximate surface area is 176 Å². The van der Waals surface area contributed by atoms with Crippen LogP contribution in [0.25, 0.3) is 11.1 Å². The minimum atomic E-state index is -0.303. The Hall–Kier alpha value is -2.44. The Bertz CT molecular complexity index is 833. The number of hydrogen-bond acceptors (Lipinski definition) is 6. The molecule has 29 heavy (non-hydrogen) atoms. The number of ether oxygens (including phenoxy) is 1. The van der Waals surface area contributed by atoms with Crippen molar-refractivity contribution < 1.29 is 14.3 Å². The molecule has 0 spiro atoms. The molecule has 2 heterocycles. The van der Waals surface area contributed by atoms with Crippen molar-refractivity contribution in [3.8, 4) is 11.1 Å². The third-order valence-corrected chi connectivity index (χ3v) is 5.13. The summed E-state index contributed by atoms with van der Waals surface area (Å²) in [5, 5.41) is 0.717. The van der Waals surface area contributed by atoms with Crippen LogP contribution in [0.15, 0.2) is 42.6 Å². The number of ketones is 1. The second kappa shape index (κ2) is 10.4. The smallest absolute Gasteiger partial charge is 0.306 e. The molecule has 1 aliphatic rings. The highest BCUT2D eigenvalue weighted by Gasteiger charge is 2.18. The van der Waals surface area contributed by atoms with Crippen molar-refractivity contribution in [2.75, 3.05) is 44.2 Å². The fourth-order valence-electron chi connectivity index (χ4n) is 3.31. The average Bonchev–Trinajstić information content (AvgIpc) is 2.73. The van der Waals surface area contributed by atoms with Gasteiger partial charge in [-0.2, -0.15) is 0 Å². The lowest BCUT2D eigenvalue weighted by Gasteiger charge is -2.35. The van der Waals surface area contributed by atoms with Crippen LogP contribution in [-0.4, -0.2) is 61.0 Å². The predicted octanol–water partition coefficient (Wildman–Crippen LogP) is 3.44. The van der Waals surface area contributed by atoms with Gasteiger partial charge in [-0.05, 0) is 49.7 Å². The first-order valence-corrected chi connectivity index (χ1v) is 10.2. The third kappa shape index (κ3) is 6.54. The molecule has 0 saturated carbocycles. The number of carbonyl (C=O) groups is 2. The van der Waals surface area contributed by atoms with Gasteiger partial charge in [-0.15, -0.1) is 0 Å². The monoisotopic (exact) mass is 415 g/mol. The highest BCUT2D eigenvalue weighted by molar-refractivity contribution is 6.30. The van der Waals surface area contributed by atoms with Gasteiger partial charge in [0.15, 0.2) is 5.78 Å². The number of pyridine rings is 1. The summed E-state index contributed by atoms with van der Waals surface area (Å²) < 4.78 is 4.89. The lowest BCUT2D eigenvalue weighted by atomic mass is 10.1. The maximum absolute atomic E-state index is 11.6. The number of rotatable bonds is 8. The molecule has 1 aromatic heterocycles. The normalized spacial score (nSPS) is 14.6. The van der Waals surface area contributed by atoms with Crippen LogP contribution in [-0.2, 0) is 14.3 Å². The van der Waals surface area contributed by atoms with Gasteiger partial charge in [0.1, 0.15) is 12.4 Å². The average molecular weight is 416 g/mol. The second-order valence-electron chi connectivity index (χ2n) is 7.21. The van der Waals surface area contributed by atoms with E-state index < -0.39 is 0 Å². The molecule has 7 heteroatoms. The van der Waals surface area contributed by atoms with Crippen LogP contribution in [0.4, 0.5) is 5.82 Å². The number of halogens is 1. The number of aromatic nitrogens is 1. The summed E-state index contributed by atoms with van der Waals surface area (Å²) in [5.41, 5.74) is 2.11. The van der Waals surface area contributed by atoms with E-state index in [-0.39, 0.29) is 18.4 Å². The van der Waals surface area contributed by atoms with Crippen molar-refractivity contribution in [1.82, 2.24) is 9.88 Å². The van der Waals surface area contributed by atoms with E-state index in [1.807, 2.05) is 30.5 Å². The van der Waals surface area contributed by atoms with Crippen LogP contribution < -0.4 is 4.90 Å². The van der Waals surface area contributed by atoms with Crippen molar-refractivity contribution in [3.05, 3.63) is 47.6 Å². The second-order valence-corrected chi connectivity index (χ2v) is 7.65. The van der Waals surface area contributed by atoms with Crippen LogP contribution in [0, 0.1) is 0 Å². The van der Waals surface area contributed by atoms with Gasteiger partial charge in [-0.25, -0.2) is 4.98 Å². The van der Waals surface area contributed by atoms with Crippen LogP contribution in [0.1, 0.15) is 19.8 Å². The lowest BCUT2D eigenvalue weighted by molar-refractivity contribution is -0.147. The first-order valence-electron chi connectivity index (χ1n) is 9.85. The molecular formula is C22H26ClN3O3. The SMILES string of the molecule is CC(=O)COC(=O)CCCN1CCN(c2ccc(-c3cccc(Cl)c3)cn2)CC1. The summed E-state index contributed by atoms with van der Waals surface area (Å²) in [6.07, 6.45) is 2.98. The van der Waals surface area contributed by atoms with Crippen LogP contribution >= 0.6 is 11.6 Å². The number of benzene rings is 1. The van der Waals surface area contributed by atoms with Crippen molar-refractivity contribution in [1.29, 1.82) is 0 Å². The van der Waals surface area contributed by atoms with E-state index in [2.05, 4.69) is 26.9 Å². The van der Waals surface area contributed by atoms with E-state index in [4.69, 9.17) is 16.3 Å². The van der Waals surface area contributed by atoms with Gasteiger partial charge < -0.3 is 9.64 Å². The molecule has 3 rings (SSSR count). The predicted molar refractivity (Wildman–Crippen MR) is 114 cm³/mol. The van der Waals surface area contributed by atoms with E-state index in [1.165, 1.54) is 6.92 Å². The van der Waals surface area contributed by atoms with Gasteiger partial charge in [0.25, 0.3) is 0 Å². The maximum atomic E-state index is 11.6. The van der Waals surface area contributed by atoms with Crippen molar-refractivity contribution in [2.45, 2.75) is 19.8 Å². The van der Waals surface area contributed by atoms with Crippen LogP contribution in [0.2, 0.25) is 5.02 Å². The molecule has 0 radical (unpaired) electrons. The third-order valence-electron chi connectivity index (χ3n) is 4.89. The fourth-order valence-corrected chi connectivity index (χ4v) is 3.50. The number of anilines is 1. The summed E-state index contributed by atoms with van der Waals surface area (Å²) in [4.78, 5) is 31.6. The van der Waals surface area contributed by atoms with Crippen LogP contribution in [0.3, 0.4) is 0 Å². The molecule has 1 saturated heterocycles. The molecule has 0 amide bonds. The molecule has 1 aliphatic heterocycles. The molecule has 6 nitrogen and oxygen atoms in total. The van der Waals surface area contributed by atoms with Gasteiger partial charge in [0.2, 0.25) is 0 Å². The Kier molecular flexibility index (Phi) is 7.61. The van der Waals surface area contributed by atoms with Crippen molar-refractivity contribution >= 4 is 29.2 Å². The minimum absolute atomic E-state index is 0.124. The van der Waals surface area contributed by atoms with Gasteiger partial charge in [-0.3, -0.25) is 14.5 Å². The van der Waals surface area contributed by atoms with Gasteiger partial charge in [0, 0.05) is 49.4 Å². The number of hydrogen-bond donors (Lipinski definition) is 0. The molecule has 0 bridgehead atoms. The minimum Gasteiger partial charge on any atom is -0.458 e.